The van der Waals surface area contributed by atoms with Gasteiger partial charge in [0.1, 0.15) is 22.5 Å². The summed E-state index contributed by atoms with van der Waals surface area (Å²) in [5.41, 5.74) is 6.41. The highest BCUT2D eigenvalue weighted by Gasteiger charge is 2.14. The molecule has 5 aromatic carbocycles. The molecule has 1 heterocycles. The van der Waals surface area contributed by atoms with Gasteiger partial charge in [0, 0.05) is 11.1 Å². The summed E-state index contributed by atoms with van der Waals surface area (Å²) in [6.07, 6.45) is 15.2. The van der Waals surface area contributed by atoms with Crippen LogP contribution in [0.2, 0.25) is 0 Å². The molecule has 0 amide bonds. The number of nitrogens with zero attached hydrogens (tertiary/aromatic N) is 2. The Morgan fingerprint density at radius 1 is 0.447 bits per heavy atom. The molecule has 0 unspecified atom stereocenters. The monoisotopic (exact) mass is 644 g/mol. The van der Waals surface area contributed by atoms with Crippen LogP contribution in [0.1, 0.15) is 90.9 Å². The van der Waals surface area contributed by atoms with Gasteiger partial charge in [-0.05, 0) is 81.9 Å². The number of hydrogen-bond acceptors (Lipinski definition) is 5. The fourth-order valence-electron chi connectivity index (χ4n) is 6.44. The topological polar surface area (TPSA) is 44.2 Å². The van der Waals surface area contributed by atoms with Crippen LogP contribution in [0.4, 0.5) is 0 Å². The van der Waals surface area contributed by atoms with E-state index in [4.69, 9.17) is 18.2 Å². The number of ether oxygens (including phenoxy) is 2. The van der Waals surface area contributed by atoms with Gasteiger partial charge >= 0.3 is 0 Å². The minimum Gasteiger partial charge on any atom is -0.494 e. The Morgan fingerprint density at radius 2 is 0.851 bits per heavy atom. The maximum Gasteiger partial charge on any atom is 0.119 e. The Hall–Kier alpha value is -3.96. The quantitative estimate of drug-likeness (QED) is 0.0873. The van der Waals surface area contributed by atoms with Crippen LogP contribution in [0, 0.1) is 0 Å². The van der Waals surface area contributed by atoms with Crippen LogP contribution in [0.3, 0.4) is 0 Å². The van der Waals surface area contributed by atoms with E-state index >= 15 is 0 Å². The lowest BCUT2D eigenvalue weighted by molar-refractivity contribution is 0.304. The minimum atomic E-state index is 0.781. The van der Waals surface area contributed by atoms with E-state index in [-0.39, 0.29) is 0 Å². The second-order valence-corrected chi connectivity index (χ2v) is 13.3. The highest BCUT2D eigenvalue weighted by atomic mass is 32.1. The summed E-state index contributed by atoms with van der Waals surface area (Å²) < 4.78 is 21.7. The number of aromatic nitrogens is 2. The van der Waals surface area contributed by atoms with Crippen molar-refractivity contribution in [3.63, 3.8) is 0 Å². The smallest absolute Gasteiger partial charge is 0.119 e. The molecule has 1 aromatic heterocycles. The minimum absolute atomic E-state index is 0.781. The molecule has 5 heteroatoms. The van der Waals surface area contributed by atoms with Gasteiger partial charge in [-0.1, -0.05) is 127 Å². The number of hydrogen-bond donors (Lipinski definition) is 0. The van der Waals surface area contributed by atoms with Crippen molar-refractivity contribution in [2.24, 2.45) is 0 Å². The zero-order chi connectivity index (χ0) is 32.3. The summed E-state index contributed by atoms with van der Waals surface area (Å²) in [5, 5.41) is 4.76. The van der Waals surface area contributed by atoms with Crippen LogP contribution in [0.25, 0.3) is 54.8 Å². The molecule has 244 valence electrons. The summed E-state index contributed by atoms with van der Waals surface area (Å²) in [7, 11) is 0. The number of benzene rings is 5. The summed E-state index contributed by atoms with van der Waals surface area (Å²) in [6.45, 7) is 6.08. The van der Waals surface area contributed by atoms with Crippen LogP contribution in [-0.4, -0.2) is 22.0 Å². The van der Waals surface area contributed by atoms with E-state index in [0.29, 0.717) is 0 Å². The number of fused-ring (bicyclic) bond motifs is 3. The largest absolute Gasteiger partial charge is 0.494 e. The van der Waals surface area contributed by atoms with Crippen molar-refractivity contribution in [1.82, 2.24) is 8.75 Å². The Balaban J connectivity index is 1.13. The van der Waals surface area contributed by atoms with Crippen LogP contribution in [0.5, 0.6) is 11.5 Å². The van der Waals surface area contributed by atoms with E-state index < -0.39 is 0 Å². The molecular formula is C42H48N2O2S. The molecule has 4 nitrogen and oxygen atoms in total. The Labute approximate surface area is 284 Å². The first kappa shape index (κ1) is 33.0. The van der Waals surface area contributed by atoms with Crippen molar-refractivity contribution < 1.29 is 9.47 Å². The van der Waals surface area contributed by atoms with Crippen molar-refractivity contribution in [3.05, 3.63) is 84.9 Å². The van der Waals surface area contributed by atoms with Crippen molar-refractivity contribution in [2.45, 2.75) is 90.9 Å². The average Bonchev–Trinajstić information content (AvgIpc) is 3.60. The lowest BCUT2D eigenvalue weighted by Crippen LogP contribution is -1.97. The van der Waals surface area contributed by atoms with Crippen molar-refractivity contribution in [1.29, 1.82) is 0 Å². The molecule has 0 saturated heterocycles. The van der Waals surface area contributed by atoms with Gasteiger partial charge < -0.3 is 9.47 Å². The third-order valence-corrected chi connectivity index (χ3v) is 9.72. The molecule has 0 atom stereocenters. The molecule has 47 heavy (non-hydrogen) atoms. The molecule has 0 N–H and O–H groups in total. The van der Waals surface area contributed by atoms with Crippen molar-refractivity contribution >= 4 is 44.3 Å². The predicted octanol–water partition coefficient (Wildman–Crippen LogP) is 12.8. The zero-order valence-corrected chi connectivity index (χ0v) is 28.9. The normalized spacial score (nSPS) is 11.5. The third kappa shape index (κ3) is 8.50. The Kier molecular flexibility index (Phi) is 11.7. The zero-order valence-electron chi connectivity index (χ0n) is 28.1. The van der Waals surface area contributed by atoms with Crippen molar-refractivity contribution in [3.8, 4) is 33.8 Å². The van der Waals surface area contributed by atoms with Crippen LogP contribution < -0.4 is 9.47 Å². The predicted molar refractivity (Wildman–Crippen MR) is 201 cm³/mol. The molecule has 0 saturated carbocycles. The fourth-order valence-corrected chi connectivity index (χ4v) is 7.01. The van der Waals surface area contributed by atoms with Gasteiger partial charge in [-0.15, -0.1) is 0 Å². The maximum atomic E-state index is 6.08. The van der Waals surface area contributed by atoms with E-state index in [2.05, 4.69) is 98.8 Å². The first-order valence-corrected chi connectivity index (χ1v) is 18.6. The second kappa shape index (κ2) is 16.7. The van der Waals surface area contributed by atoms with Crippen molar-refractivity contribution in [2.75, 3.05) is 13.2 Å². The first-order valence-electron chi connectivity index (χ1n) is 17.8. The van der Waals surface area contributed by atoms with Gasteiger partial charge in [-0.2, -0.15) is 8.75 Å². The lowest BCUT2D eigenvalue weighted by Gasteiger charge is -2.11. The van der Waals surface area contributed by atoms with E-state index in [1.807, 2.05) is 0 Å². The molecule has 6 aromatic rings. The molecular weight excluding hydrogens is 597 g/mol. The highest BCUT2D eigenvalue weighted by molar-refractivity contribution is 7.00. The SMILES string of the molecule is CCCCCCCCOc1ccc2cc(-c3ccc(-c4ccc5cc(OCCCCCCCC)ccc5c4)c4nsnc34)ccc2c1. The third-order valence-electron chi connectivity index (χ3n) is 9.19. The van der Waals surface area contributed by atoms with Crippen LogP contribution in [0.15, 0.2) is 84.9 Å². The Morgan fingerprint density at radius 3 is 1.32 bits per heavy atom. The fraction of sp³-hybridized carbons (Fsp3) is 0.381. The molecule has 0 spiro atoms. The second-order valence-electron chi connectivity index (χ2n) is 12.8. The van der Waals surface area contributed by atoms with Gasteiger partial charge in [0.2, 0.25) is 0 Å². The molecule has 0 aliphatic rings. The summed E-state index contributed by atoms with van der Waals surface area (Å²) in [4.78, 5) is 0. The highest BCUT2D eigenvalue weighted by Crippen LogP contribution is 2.37. The lowest BCUT2D eigenvalue weighted by atomic mass is 9.95. The molecule has 0 aliphatic carbocycles. The van der Waals surface area contributed by atoms with E-state index in [1.165, 1.54) is 97.5 Å². The van der Waals surface area contributed by atoms with Gasteiger partial charge in [0.15, 0.2) is 0 Å². The first-order chi connectivity index (χ1) is 23.2. The van der Waals surface area contributed by atoms with Gasteiger partial charge in [-0.3, -0.25) is 0 Å². The van der Waals surface area contributed by atoms with Crippen LogP contribution >= 0.6 is 11.7 Å². The van der Waals surface area contributed by atoms with E-state index in [9.17, 15) is 0 Å². The summed E-state index contributed by atoms with van der Waals surface area (Å²) >= 11 is 1.28. The van der Waals surface area contributed by atoms with Gasteiger partial charge in [0.25, 0.3) is 0 Å². The standard InChI is InChI=1S/C42H48N2O2S/c1-3-5-7-9-11-13-25-45-37-21-19-31-27-35(17-15-33(31)29-37)39-23-24-40(42-41(39)43-47-44-42)36-18-16-34-30-38(22-20-32(34)28-36)46-26-14-12-10-8-6-4-2/h15-24,27-30H,3-14,25-26H2,1-2H3. The molecule has 0 bridgehead atoms. The molecule has 0 fully saturated rings. The van der Waals surface area contributed by atoms with Crippen LogP contribution in [-0.2, 0) is 0 Å². The number of rotatable bonds is 18. The maximum absolute atomic E-state index is 6.08. The molecule has 0 aliphatic heterocycles. The molecule has 0 radical (unpaired) electrons. The van der Waals surface area contributed by atoms with E-state index in [0.717, 1.165) is 70.8 Å². The van der Waals surface area contributed by atoms with E-state index in [1.54, 1.807) is 0 Å². The Bertz CT molecular complexity index is 1760. The summed E-state index contributed by atoms with van der Waals surface area (Å²) in [5.74, 6) is 1.89. The number of unbranched alkanes of at least 4 members (excludes halogenated alkanes) is 10. The van der Waals surface area contributed by atoms with Gasteiger partial charge in [0.05, 0.1) is 24.9 Å². The molecule has 6 rings (SSSR count). The summed E-state index contributed by atoms with van der Waals surface area (Å²) in [6, 6.07) is 30.5. The average molecular weight is 645 g/mol. The van der Waals surface area contributed by atoms with Gasteiger partial charge in [-0.25, -0.2) is 0 Å².